The first kappa shape index (κ1) is 28.4. The number of hydrogen-bond acceptors (Lipinski definition) is 5. The zero-order chi connectivity index (χ0) is 30.6. The number of benzene rings is 5. The lowest BCUT2D eigenvalue weighted by molar-refractivity contribution is -0.121. The smallest absolute Gasteiger partial charge is 0.343 e. The highest BCUT2D eigenvalue weighted by atomic mass is 16.5. The first-order chi connectivity index (χ1) is 21.5. The number of ether oxygens (including phenoxy) is 2. The summed E-state index contributed by atoms with van der Waals surface area (Å²) >= 11 is 0. The predicted molar refractivity (Wildman–Crippen MR) is 172 cm³/mol. The fourth-order valence-electron chi connectivity index (χ4n) is 5.29. The Kier molecular flexibility index (Phi) is 7.93. The fraction of sp³-hybridized carbons (Fsp3) is 0.108. The van der Waals surface area contributed by atoms with Gasteiger partial charge in [0.25, 0.3) is 11.8 Å². The molecule has 0 radical (unpaired) electrons. The molecule has 1 saturated heterocycles. The first-order valence-electron chi connectivity index (χ1n) is 14.4. The zero-order valence-corrected chi connectivity index (χ0v) is 24.4. The molecule has 7 heteroatoms. The Labute approximate surface area is 255 Å². The lowest BCUT2D eigenvalue weighted by Crippen LogP contribution is -2.57. The SMILES string of the molecule is CCOc1cc(C=C2C(=O)N(c3ccccc3)C(=O)N(c3ccccc3)C2=O)ccc1OCc1c(C)ccc2ccccc12. The zero-order valence-electron chi connectivity index (χ0n) is 24.4. The second kappa shape index (κ2) is 12.3. The molecule has 0 N–H and O–H groups in total. The van der Waals surface area contributed by atoms with Crippen LogP contribution in [0.2, 0.25) is 0 Å². The second-order valence-corrected chi connectivity index (χ2v) is 10.3. The van der Waals surface area contributed by atoms with Crippen molar-refractivity contribution < 1.29 is 23.9 Å². The Morgan fingerprint density at radius 1 is 0.659 bits per heavy atom. The molecule has 44 heavy (non-hydrogen) atoms. The number of carbonyl (C=O) groups is 3. The molecular weight excluding hydrogens is 552 g/mol. The number of aryl methyl sites for hydroxylation is 1. The monoisotopic (exact) mass is 582 g/mol. The fourth-order valence-corrected chi connectivity index (χ4v) is 5.29. The van der Waals surface area contributed by atoms with E-state index in [-0.39, 0.29) is 5.57 Å². The van der Waals surface area contributed by atoms with Crippen LogP contribution in [0.15, 0.2) is 121 Å². The molecule has 0 bridgehead atoms. The highest BCUT2D eigenvalue weighted by Crippen LogP contribution is 2.34. The molecule has 1 heterocycles. The molecule has 6 rings (SSSR count). The van der Waals surface area contributed by atoms with Crippen molar-refractivity contribution in [2.75, 3.05) is 16.4 Å². The van der Waals surface area contributed by atoms with Crippen molar-refractivity contribution in [3.05, 3.63) is 138 Å². The Bertz CT molecular complexity index is 1840. The van der Waals surface area contributed by atoms with Gasteiger partial charge in [0, 0.05) is 5.56 Å². The van der Waals surface area contributed by atoms with Gasteiger partial charge in [0.05, 0.1) is 18.0 Å². The Hall–Kier alpha value is -5.69. The topological polar surface area (TPSA) is 76.2 Å². The van der Waals surface area contributed by atoms with Gasteiger partial charge in [0.15, 0.2) is 11.5 Å². The molecule has 0 saturated carbocycles. The molecule has 4 amide bonds. The second-order valence-electron chi connectivity index (χ2n) is 10.3. The summed E-state index contributed by atoms with van der Waals surface area (Å²) < 4.78 is 12.2. The minimum absolute atomic E-state index is 0.153. The van der Waals surface area contributed by atoms with Crippen molar-refractivity contribution >= 4 is 46.1 Å². The van der Waals surface area contributed by atoms with Gasteiger partial charge in [-0.05, 0) is 78.2 Å². The number of nitrogens with zero attached hydrogens (tertiary/aromatic N) is 2. The summed E-state index contributed by atoms with van der Waals surface area (Å²) in [5.74, 6) is -0.396. The number of barbiturate groups is 1. The standard InChI is InChI=1S/C37H30N2O5/c1-3-43-34-23-26(19-21-33(34)44-24-32-25(2)18-20-27-12-10-11-17-30(27)32)22-31-35(40)38(28-13-6-4-7-14-28)37(42)39(36(31)41)29-15-8-5-9-16-29/h4-23H,3,24H2,1-2H3. The largest absolute Gasteiger partial charge is 0.490 e. The van der Waals surface area contributed by atoms with Gasteiger partial charge < -0.3 is 9.47 Å². The molecule has 5 aromatic rings. The molecule has 7 nitrogen and oxygen atoms in total. The van der Waals surface area contributed by atoms with E-state index in [0.717, 1.165) is 31.7 Å². The maximum Gasteiger partial charge on any atom is 0.343 e. The number of carbonyl (C=O) groups excluding carboxylic acids is 3. The lowest BCUT2D eigenvalue weighted by atomic mass is 10.0. The molecule has 1 aliphatic heterocycles. The molecule has 1 aliphatic rings. The van der Waals surface area contributed by atoms with Crippen molar-refractivity contribution in [3.63, 3.8) is 0 Å². The van der Waals surface area contributed by atoms with E-state index in [1.54, 1.807) is 78.9 Å². The number of hydrogen-bond donors (Lipinski definition) is 0. The molecule has 0 spiro atoms. The minimum Gasteiger partial charge on any atom is -0.490 e. The Balaban J connectivity index is 1.36. The molecule has 0 aromatic heterocycles. The first-order valence-corrected chi connectivity index (χ1v) is 14.4. The summed E-state index contributed by atoms with van der Waals surface area (Å²) in [6, 6.07) is 34.0. The van der Waals surface area contributed by atoms with Crippen LogP contribution >= 0.6 is 0 Å². The highest BCUT2D eigenvalue weighted by Gasteiger charge is 2.43. The molecule has 0 atom stereocenters. The molecule has 0 aliphatic carbocycles. The van der Waals surface area contributed by atoms with Gasteiger partial charge in [-0.3, -0.25) is 9.59 Å². The third-order valence-electron chi connectivity index (χ3n) is 7.50. The summed E-state index contributed by atoms with van der Waals surface area (Å²) in [7, 11) is 0. The van der Waals surface area contributed by atoms with Crippen molar-refractivity contribution in [1.29, 1.82) is 0 Å². The van der Waals surface area contributed by atoms with Gasteiger partial charge in [0.2, 0.25) is 0 Å². The van der Waals surface area contributed by atoms with Crippen LogP contribution in [0.4, 0.5) is 16.2 Å². The number of amides is 4. The quantitative estimate of drug-likeness (QED) is 0.138. The van der Waals surface area contributed by atoms with Crippen LogP contribution in [0, 0.1) is 6.92 Å². The summed E-state index contributed by atoms with van der Waals surface area (Å²) in [6.45, 7) is 4.66. The van der Waals surface area contributed by atoms with Crippen molar-refractivity contribution in [1.82, 2.24) is 0 Å². The van der Waals surface area contributed by atoms with Crippen LogP contribution < -0.4 is 19.3 Å². The average Bonchev–Trinajstić information content (AvgIpc) is 3.04. The maximum absolute atomic E-state index is 13.7. The third-order valence-corrected chi connectivity index (χ3v) is 7.50. The van der Waals surface area contributed by atoms with Crippen LogP contribution in [0.5, 0.6) is 11.5 Å². The van der Waals surface area contributed by atoms with E-state index in [1.165, 1.54) is 6.08 Å². The summed E-state index contributed by atoms with van der Waals surface area (Å²) in [5, 5.41) is 2.26. The third kappa shape index (κ3) is 5.43. The normalized spacial score (nSPS) is 13.4. The highest BCUT2D eigenvalue weighted by molar-refractivity contribution is 6.46. The van der Waals surface area contributed by atoms with Crippen molar-refractivity contribution in [2.45, 2.75) is 20.5 Å². The Morgan fingerprint density at radius 2 is 1.27 bits per heavy atom. The number of fused-ring (bicyclic) bond motifs is 1. The van der Waals surface area contributed by atoms with Crippen molar-refractivity contribution in [3.8, 4) is 11.5 Å². The predicted octanol–water partition coefficient (Wildman–Crippen LogP) is 7.71. The maximum atomic E-state index is 13.7. The number of imide groups is 2. The summed E-state index contributed by atoms with van der Waals surface area (Å²) in [6.07, 6.45) is 1.49. The average molecular weight is 583 g/mol. The summed E-state index contributed by atoms with van der Waals surface area (Å²) in [4.78, 5) is 43.1. The number of anilines is 2. The van der Waals surface area contributed by atoms with Gasteiger partial charge in [-0.15, -0.1) is 0 Å². The summed E-state index contributed by atoms with van der Waals surface area (Å²) in [5.41, 5.74) is 3.34. The van der Waals surface area contributed by atoms with Crippen LogP contribution in [0.3, 0.4) is 0 Å². The number of urea groups is 1. The van der Waals surface area contributed by atoms with E-state index in [4.69, 9.17) is 9.47 Å². The van der Waals surface area contributed by atoms with Crippen LogP contribution in [-0.2, 0) is 16.2 Å². The van der Waals surface area contributed by atoms with Crippen LogP contribution in [0.1, 0.15) is 23.6 Å². The van der Waals surface area contributed by atoms with E-state index < -0.39 is 17.8 Å². The molecular formula is C37H30N2O5. The minimum atomic E-state index is -0.739. The molecule has 5 aromatic carbocycles. The van der Waals surface area contributed by atoms with Gasteiger partial charge >= 0.3 is 6.03 Å². The van der Waals surface area contributed by atoms with Gasteiger partial charge in [-0.1, -0.05) is 78.9 Å². The van der Waals surface area contributed by atoms with E-state index in [9.17, 15) is 14.4 Å². The van der Waals surface area contributed by atoms with Crippen LogP contribution in [0.25, 0.3) is 16.8 Å². The molecule has 1 fully saturated rings. The van der Waals surface area contributed by atoms with E-state index in [1.807, 2.05) is 19.1 Å². The molecule has 218 valence electrons. The Morgan fingerprint density at radius 3 is 1.91 bits per heavy atom. The van der Waals surface area contributed by atoms with Crippen LogP contribution in [-0.4, -0.2) is 24.5 Å². The van der Waals surface area contributed by atoms with E-state index in [0.29, 0.717) is 41.7 Å². The van der Waals surface area contributed by atoms with Gasteiger partial charge in [0.1, 0.15) is 12.2 Å². The van der Waals surface area contributed by atoms with E-state index >= 15 is 0 Å². The van der Waals surface area contributed by atoms with Crippen molar-refractivity contribution in [2.24, 2.45) is 0 Å². The number of para-hydroxylation sites is 2. The van der Waals surface area contributed by atoms with Gasteiger partial charge in [-0.2, -0.15) is 0 Å². The number of rotatable bonds is 8. The van der Waals surface area contributed by atoms with Gasteiger partial charge in [-0.25, -0.2) is 14.6 Å². The van der Waals surface area contributed by atoms with E-state index in [2.05, 4.69) is 31.2 Å². The lowest BCUT2D eigenvalue weighted by Gasteiger charge is -2.33. The molecule has 0 unspecified atom stereocenters.